The van der Waals surface area contributed by atoms with E-state index >= 15 is 0 Å². The smallest absolute Gasteiger partial charge is 0.143 e. The van der Waals surface area contributed by atoms with Gasteiger partial charge in [-0.2, -0.15) is 0 Å². The van der Waals surface area contributed by atoms with Crippen molar-refractivity contribution in [2.24, 2.45) is 0 Å². The van der Waals surface area contributed by atoms with Gasteiger partial charge in [-0.3, -0.25) is 0 Å². The molecule has 13 aromatic rings. The van der Waals surface area contributed by atoms with Gasteiger partial charge in [0.1, 0.15) is 11.2 Å². The number of hydrogen-bond donors (Lipinski definition) is 0. The summed E-state index contributed by atoms with van der Waals surface area (Å²) in [7, 11) is 0. The van der Waals surface area contributed by atoms with E-state index in [2.05, 4.69) is 170 Å². The molecule has 12 aromatic carbocycles. The highest BCUT2D eigenvalue weighted by Gasteiger charge is 2.22. The molecule has 1 aromatic heterocycles. The molecule has 0 radical (unpaired) electrons. The van der Waals surface area contributed by atoms with Crippen LogP contribution in [0.5, 0.6) is 0 Å². The lowest BCUT2D eigenvalue weighted by Crippen LogP contribution is -1.91. The second-order valence-electron chi connectivity index (χ2n) is 14.8. The van der Waals surface area contributed by atoms with Crippen molar-refractivity contribution in [3.63, 3.8) is 0 Å². The molecule has 0 saturated heterocycles. The maximum Gasteiger partial charge on any atom is 0.143 e. The fourth-order valence-electron chi connectivity index (χ4n) is 9.76. The topological polar surface area (TPSA) is 13.1 Å². The Bertz CT molecular complexity index is 3640. The van der Waals surface area contributed by atoms with Crippen molar-refractivity contribution in [3.8, 4) is 22.3 Å². The Balaban J connectivity index is 1.21. The quantitative estimate of drug-likeness (QED) is 0.167. The fourth-order valence-corrected chi connectivity index (χ4v) is 9.76. The Morgan fingerprint density at radius 2 is 0.717 bits per heavy atom. The van der Waals surface area contributed by atoms with Gasteiger partial charge in [0.2, 0.25) is 0 Å². The van der Waals surface area contributed by atoms with Crippen LogP contribution in [0.2, 0.25) is 0 Å². The second-order valence-corrected chi connectivity index (χ2v) is 14.8. The van der Waals surface area contributed by atoms with Crippen LogP contribution in [-0.4, -0.2) is 0 Å². The molecule has 1 heterocycles. The van der Waals surface area contributed by atoms with Gasteiger partial charge in [-0.1, -0.05) is 152 Å². The SMILES string of the molecule is c1ccc2cc3c(cc2c1)oc1c3cc(-c2ccc3ccc4cccc5ccc2c3c45)c2cccc(-c3ccc4ccc5cccc6ccc3c4c56)c21. The Morgan fingerprint density at radius 3 is 1.34 bits per heavy atom. The first-order valence-corrected chi connectivity index (χ1v) is 18.4. The van der Waals surface area contributed by atoms with Crippen LogP contribution >= 0.6 is 0 Å². The zero-order valence-corrected chi connectivity index (χ0v) is 28.6. The zero-order chi connectivity index (χ0) is 34.4. The van der Waals surface area contributed by atoms with E-state index in [0.29, 0.717) is 0 Å². The molecule has 0 atom stereocenters. The van der Waals surface area contributed by atoms with Crippen molar-refractivity contribution < 1.29 is 4.42 Å². The van der Waals surface area contributed by atoms with Crippen molar-refractivity contribution in [1.29, 1.82) is 0 Å². The van der Waals surface area contributed by atoms with Gasteiger partial charge in [0.05, 0.1) is 0 Å². The fraction of sp³-hybridized carbons (Fsp3) is 0. The van der Waals surface area contributed by atoms with Gasteiger partial charge in [-0.15, -0.1) is 0 Å². The van der Waals surface area contributed by atoms with Crippen LogP contribution in [0.15, 0.2) is 174 Å². The maximum atomic E-state index is 7.03. The van der Waals surface area contributed by atoms with E-state index in [-0.39, 0.29) is 0 Å². The monoisotopic (exact) mass is 668 g/mol. The summed E-state index contributed by atoms with van der Waals surface area (Å²) in [6.07, 6.45) is 0. The summed E-state index contributed by atoms with van der Waals surface area (Å²) < 4.78 is 7.03. The molecule has 0 aliphatic carbocycles. The van der Waals surface area contributed by atoms with Gasteiger partial charge in [0.25, 0.3) is 0 Å². The molecule has 0 saturated carbocycles. The average Bonchev–Trinajstić information content (AvgIpc) is 3.57. The molecule has 1 heteroatoms. The highest BCUT2D eigenvalue weighted by Crippen LogP contribution is 2.49. The lowest BCUT2D eigenvalue weighted by atomic mass is 9.85. The summed E-state index contributed by atoms with van der Waals surface area (Å²) in [5.41, 5.74) is 6.73. The predicted octanol–water partition coefficient (Wildman–Crippen LogP) is 15.0. The van der Waals surface area contributed by atoms with Crippen molar-refractivity contribution in [2.75, 3.05) is 0 Å². The summed E-state index contributed by atoms with van der Waals surface area (Å²) in [5, 5.41) is 22.5. The number of rotatable bonds is 2. The van der Waals surface area contributed by atoms with E-state index in [0.717, 1.165) is 27.3 Å². The highest BCUT2D eigenvalue weighted by molar-refractivity contribution is 6.31. The zero-order valence-electron chi connectivity index (χ0n) is 28.6. The molecule has 0 aliphatic heterocycles. The number of furan rings is 1. The molecule has 242 valence electrons. The molecule has 1 nitrogen and oxygen atoms in total. The average molecular weight is 669 g/mol. The predicted molar refractivity (Wildman–Crippen MR) is 227 cm³/mol. The van der Waals surface area contributed by atoms with Crippen LogP contribution in [0.25, 0.3) is 130 Å². The van der Waals surface area contributed by atoms with Crippen molar-refractivity contribution in [3.05, 3.63) is 170 Å². The third-order valence-electron chi connectivity index (χ3n) is 12.1. The Hall–Kier alpha value is -6.96. The van der Waals surface area contributed by atoms with Crippen molar-refractivity contribution in [1.82, 2.24) is 0 Å². The second kappa shape index (κ2) is 9.88. The molecule has 0 N–H and O–H groups in total. The molecule has 0 fully saturated rings. The Kier molecular flexibility index (Phi) is 5.17. The Morgan fingerprint density at radius 1 is 0.245 bits per heavy atom. The van der Waals surface area contributed by atoms with Crippen molar-refractivity contribution >= 4 is 108 Å². The molecule has 53 heavy (non-hydrogen) atoms. The molecule has 0 bridgehead atoms. The van der Waals surface area contributed by atoms with Crippen LogP contribution in [0.1, 0.15) is 0 Å². The minimum atomic E-state index is 0.915. The third-order valence-corrected chi connectivity index (χ3v) is 12.1. The van der Waals surface area contributed by atoms with Gasteiger partial charge >= 0.3 is 0 Å². The normalized spacial score (nSPS) is 12.5. The summed E-state index contributed by atoms with van der Waals surface area (Å²) in [6, 6.07) is 63.2. The van der Waals surface area contributed by atoms with E-state index in [1.165, 1.54) is 103 Å². The van der Waals surface area contributed by atoms with E-state index in [9.17, 15) is 0 Å². The lowest BCUT2D eigenvalue weighted by Gasteiger charge is -2.18. The first-order valence-electron chi connectivity index (χ1n) is 18.4. The first-order chi connectivity index (χ1) is 26.3. The maximum absolute atomic E-state index is 7.03. The molecule has 0 unspecified atom stereocenters. The summed E-state index contributed by atoms with van der Waals surface area (Å²) in [5.74, 6) is 0. The van der Waals surface area contributed by atoms with Crippen LogP contribution in [0, 0.1) is 0 Å². The molecule has 0 aliphatic rings. The summed E-state index contributed by atoms with van der Waals surface area (Å²) in [4.78, 5) is 0. The Labute approximate surface area is 303 Å². The minimum Gasteiger partial charge on any atom is -0.455 e. The van der Waals surface area contributed by atoms with Gasteiger partial charge < -0.3 is 4.42 Å². The van der Waals surface area contributed by atoms with Crippen molar-refractivity contribution in [2.45, 2.75) is 0 Å². The van der Waals surface area contributed by atoms with Crippen LogP contribution in [0.4, 0.5) is 0 Å². The van der Waals surface area contributed by atoms with Crippen LogP contribution in [-0.2, 0) is 0 Å². The molecular formula is C52H28O. The van der Waals surface area contributed by atoms with Gasteiger partial charge in [-0.25, -0.2) is 0 Å². The van der Waals surface area contributed by atoms with E-state index < -0.39 is 0 Å². The van der Waals surface area contributed by atoms with Gasteiger partial charge in [0.15, 0.2) is 0 Å². The van der Waals surface area contributed by atoms with Crippen LogP contribution < -0.4 is 0 Å². The molecule has 0 spiro atoms. The minimum absolute atomic E-state index is 0.915. The number of fused-ring (bicyclic) bond motifs is 6. The molecular weight excluding hydrogens is 641 g/mol. The summed E-state index contributed by atoms with van der Waals surface area (Å²) >= 11 is 0. The van der Waals surface area contributed by atoms with E-state index in [4.69, 9.17) is 4.42 Å². The first kappa shape index (κ1) is 27.7. The standard InChI is InChI=1S/C52H28O/c1-2-7-36-27-46-44(26-35(36)6-1)45-28-43(38-23-19-34-17-15-30-9-4-11-32-21-25-42(38)50(34)48(30)32)40-13-5-12-39(51(40)52(45)53-46)37-22-18-33-16-14-29-8-3-10-31-20-24-41(37)49(33)47(29)31/h1-28H. The van der Waals surface area contributed by atoms with E-state index in [1.807, 2.05) is 0 Å². The van der Waals surface area contributed by atoms with Crippen LogP contribution in [0.3, 0.4) is 0 Å². The third kappa shape index (κ3) is 3.61. The largest absolute Gasteiger partial charge is 0.455 e. The highest BCUT2D eigenvalue weighted by atomic mass is 16.3. The number of benzene rings is 12. The van der Waals surface area contributed by atoms with E-state index in [1.54, 1.807) is 0 Å². The molecule has 0 amide bonds. The van der Waals surface area contributed by atoms with Gasteiger partial charge in [-0.05, 0) is 121 Å². The molecule has 13 rings (SSSR count). The number of hydrogen-bond acceptors (Lipinski definition) is 1. The van der Waals surface area contributed by atoms with Gasteiger partial charge in [0, 0.05) is 16.2 Å². The lowest BCUT2D eigenvalue weighted by molar-refractivity contribution is 0.673. The summed E-state index contributed by atoms with van der Waals surface area (Å²) in [6.45, 7) is 0.